The van der Waals surface area contributed by atoms with Gasteiger partial charge in [0, 0.05) is 46.1 Å². The molecule has 0 saturated carbocycles. The molecule has 26 heavy (non-hydrogen) atoms. The second kappa shape index (κ2) is 8.59. The van der Waals surface area contributed by atoms with Gasteiger partial charge in [0.25, 0.3) is 0 Å². The van der Waals surface area contributed by atoms with Gasteiger partial charge in [-0.2, -0.15) is 4.31 Å². The second-order valence-electron chi connectivity index (χ2n) is 6.44. The molecule has 1 fully saturated rings. The van der Waals surface area contributed by atoms with Gasteiger partial charge in [0.15, 0.2) is 0 Å². The van der Waals surface area contributed by atoms with E-state index in [0.717, 1.165) is 6.07 Å². The highest BCUT2D eigenvalue weighted by molar-refractivity contribution is 7.89. The fraction of sp³-hybridized carbons (Fsp3) is 0.529. The second-order valence-corrected chi connectivity index (χ2v) is 8.34. The van der Waals surface area contributed by atoms with E-state index in [2.05, 4.69) is 5.32 Å². The first kappa shape index (κ1) is 20.3. The molecule has 0 spiro atoms. The van der Waals surface area contributed by atoms with Crippen molar-refractivity contribution in [1.29, 1.82) is 0 Å². The molecule has 2 amide bonds. The van der Waals surface area contributed by atoms with Crippen molar-refractivity contribution in [2.75, 3.05) is 33.7 Å². The van der Waals surface area contributed by atoms with Crippen molar-refractivity contribution < 1.29 is 22.4 Å². The van der Waals surface area contributed by atoms with E-state index in [-0.39, 0.29) is 48.7 Å². The van der Waals surface area contributed by atoms with Gasteiger partial charge in [-0.3, -0.25) is 9.59 Å². The molecular weight excluding hydrogens is 361 g/mol. The van der Waals surface area contributed by atoms with Gasteiger partial charge in [0.05, 0.1) is 0 Å². The molecule has 0 atom stereocenters. The molecule has 1 aromatic rings. The zero-order valence-electron chi connectivity index (χ0n) is 14.9. The SMILES string of the molecule is CN(C)C(=O)CCNC(=O)C1CCN(S(=O)(=O)c2ccccc2F)CC1. The van der Waals surface area contributed by atoms with Gasteiger partial charge in [-0.1, -0.05) is 12.1 Å². The molecule has 9 heteroatoms. The standard InChI is InChI=1S/C17H24FN3O4S/c1-20(2)16(22)7-10-19-17(23)13-8-11-21(12-9-13)26(24,25)15-6-4-3-5-14(15)18/h3-6,13H,7-12H2,1-2H3,(H,19,23). The molecule has 7 nitrogen and oxygen atoms in total. The number of nitrogens with one attached hydrogen (secondary N) is 1. The molecule has 144 valence electrons. The number of sulfonamides is 1. The van der Waals surface area contributed by atoms with Crippen molar-refractivity contribution in [2.24, 2.45) is 5.92 Å². The van der Waals surface area contributed by atoms with Crippen molar-refractivity contribution >= 4 is 21.8 Å². The number of hydrogen-bond acceptors (Lipinski definition) is 4. The van der Waals surface area contributed by atoms with Crippen molar-refractivity contribution in [3.63, 3.8) is 0 Å². The summed E-state index contributed by atoms with van der Waals surface area (Å²) < 4.78 is 40.1. The number of benzene rings is 1. The van der Waals surface area contributed by atoms with E-state index in [1.807, 2.05) is 0 Å². The summed E-state index contributed by atoms with van der Waals surface area (Å²) in [5, 5.41) is 2.72. The van der Waals surface area contributed by atoms with Gasteiger partial charge in [-0.25, -0.2) is 12.8 Å². The molecule has 0 unspecified atom stereocenters. The lowest BCUT2D eigenvalue weighted by Crippen LogP contribution is -2.43. The molecule has 0 aromatic heterocycles. The summed E-state index contributed by atoms with van der Waals surface area (Å²) in [5.41, 5.74) is 0. The minimum atomic E-state index is -3.90. The maximum Gasteiger partial charge on any atom is 0.245 e. The normalized spacial score (nSPS) is 16.3. The van der Waals surface area contributed by atoms with E-state index in [1.54, 1.807) is 14.1 Å². The molecule has 2 rings (SSSR count). The molecule has 1 saturated heterocycles. The van der Waals surface area contributed by atoms with E-state index < -0.39 is 15.8 Å². The van der Waals surface area contributed by atoms with Crippen LogP contribution in [0, 0.1) is 11.7 Å². The Bertz CT molecular complexity index is 759. The van der Waals surface area contributed by atoms with Crippen LogP contribution in [-0.4, -0.2) is 63.2 Å². The smallest absolute Gasteiger partial charge is 0.245 e. The Balaban J connectivity index is 1.88. The van der Waals surface area contributed by atoms with E-state index >= 15 is 0 Å². The third kappa shape index (κ3) is 4.79. The van der Waals surface area contributed by atoms with Crippen LogP contribution in [0.2, 0.25) is 0 Å². The van der Waals surface area contributed by atoms with Crippen LogP contribution >= 0.6 is 0 Å². The van der Waals surface area contributed by atoms with E-state index in [4.69, 9.17) is 0 Å². The Morgan fingerprint density at radius 1 is 1.23 bits per heavy atom. The van der Waals surface area contributed by atoms with Crippen molar-refractivity contribution in [1.82, 2.24) is 14.5 Å². The van der Waals surface area contributed by atoms with Crippen LogP contribution < -0.4 is 5.32 Å². The molecule has 0 bridgehead atoms. The highest BCUT2D eigenvalue weighted by Crippen LogP contribution is 2.25. The van der Waals surface area contributed by atoms with Crippen LogP contribution in [0.3, 0.4) is 0 Å². The minimum absolute atomic E-state index is 0.0731. The van der Waals surface area contributed by atoms with Crippen LogP contribution in [0.4, 0.5) is 4.39 Å². The van der Waals surface area contributed by atoms with Crippen LogP contribution in [0.5, 0.6) is 0 Å². The van der Waals surface area contributed by atoms with E-state index in [1.165, 1.54) is 27.4 Å². The molecule has 1 aromatic carbocycles. The van der Waals surface area contributed by atoms with Gasteiger partial charge in [0.1, 0.15) is 10.7 Å². The van der Waals surface area contributed by atoms with Crippen molar-refractivity contribution in [3.8, 4) is 0 Å². The average molecular weight is 385 g/mol. The van der Waals surface area contributed by atoms with Crippen LogP contribution in [0.15, 0.2) is 29.2 Å². The summed E-state index contributed by atoms with van der Waals surface area (Å²) in [6, 6.07) is 5.27. The Morgan fingerprint density at radius 3 is 2.42 bits per heavy atom. The monoisotopic (exact) mass is 385 g/mol. The third-order valence-electron chi connectivity index (χ3n) is 4.42. The minimum Gasteiger partial charge on any atom is -0.355 e. The number of carbonyl (C=O) groups is 2. The zero-order valence-corrected chi connectivity index (χ0v) is 15.8. The summed E-state index contributed by atoms with van der Waals surface area (Å²) in [4.78, 5) is 24.8. The molecule has 1 aliphatic rings. The molecule has 0 radical (unpaired) electrons. The molecule has 0 aliphatic carbocycles. The molecular formula is C17H24FN3O4S. The number of nitrogens with zero attached hydrogens (tertiary/aromatic N) is 2. The number of amides is 2. The molecule has 1 heterocycles. The number of rotatable bonds is 6. The number of hydrogen-bond donors (Lipinski definition) is 1. The lowest BCUT2D eigenvalue weighted by molar-refractivity contribution is -0.129. The number of piperidine rings is 1. The first-order valence-electron chi connectivity index (χ1n) is 8.46. The predicted molar refractivity (Wildman–Crippen MR) is 94.2 cm³/mol. The Kier molecular flexibility index (Phi) is 6.71. The van der Waals surface area contributed by atoms with Gasteiger partial charge in [-0.05, 0) is 25.0 Å². The zero-order chi connectivity index (χ0) is 19.3. The van der Waals surface area contributed by atoms with E-state index in [9.17, 15) is 22.4 Å². The summed E-state index contributed by atoms with van der Waals surface area (Å²) >= 11 is 0. The maximum atomic E-state index is 13.8. The van der Waals surface area contributed by atoms with Crippen LogP contribution in [0.25, 0.3) is 0 Å². The Morgan fingerprint density at radius 2 is 1.85 bits per heavy atom. The predicted octanol–water partition coefficient (Wildman–Crippen LogP) is 0.821. The largest absolute Gasteiger partial charge is 0.355 e. The maximum absolute atomic E-state index is 13.8. The highest BCUT2D eigenvalue weighted by Gasteiger charge is 2.33. The fourth-order valence-corrected chi connectivity index (χ4v) is 4.35. The van der Waals surface area contributed by atoms with Gasteiger partial charge in [-0.15, -0.1) is 0 Å². The quantitative estimate of drug-likeness (QED) is 0.786. The summed E-state index contributed by atoms with van der Waals surface area (Å²) in [7, 11) is -0.606. The highest BCUT2D eigenvalue weighted by atomic mass is 32.2. The Hall–Kier alpha value is -2.00. The number of carbonyl (C=O) groups excluding carboxylic acids is 2. The summed E-state index contributed by atoms with van der Waals surface area (Å²) in [6.45, 7) is 0.570. The topological polar surface area (TPSA) is 86.8 Å². The first-order chi connectivity index (χ1) is 12.2. The van der Waals surface area contributed by atoms with Gasteiger partial charge in [0.2, 0.25) is 21.8 Å². The summed E-state index contributed by atoms with van der Waals surface area (Å²) in [5.74, 6) is -1.34. The molecule has 1 N–H and O–H groups in total. The molecule has 1 aliphatic heterocycles. The van der Waals surface area contributed by atoms with Gasteiger partial charge >= 0.3 is 0 Å². The summed E-state index contributed by atoms with van der Waals surface area (Å²) in [6.07, 6.45) is 0.946. The lowest BCUT2D eigenvalue weighted by Gasteiger charge is -2.30. The Labute approximate surface area is 153 Å². The lowest BCUT2D eigenvalue weighted by atomic mass is 9.97. The first-order valence-corrected chi connectivity index (χ1v) is 9.90. The fourth-order valence-electron chi connectivity index (χ4n) is 2.81. The number of halogens is 1. The third-order valence-corrected chi connectivity index (χ3v) is 6.35. The van der Waals surface area contributed by atoms with Gasteiger partial charge < -0.3 is 10.2 Å². The van der Waals surface area contributed by atoms with Crippen molar-refractivity contribution in [2.45, 2.75) is 24.2 Å². The van der Waals surface area contributed by atoms with E-state index in [0.29, 0.717) is 12.8 Å². The van der Waals surface area contributed by atoms with Crippen LogP contribution in [0.1, 0.15) is 19.3 Å². The van der Waals surface area contributed by atoms with Crippen molar-refractivity contribution in [3.05, 3.63) is 30.1 Å². The van der Waals surface area contributed by atoms with Crippen LogP contribution in [-0.2, 0) is 19.6 Å². The average Bonchev–Trinajstić information content (AvgIpc) is 2.61.